The van der Waals surface area contributed by atoms with E-state index >= 15 is 0 Å². The van der Waals surface area contributed by atoms with Crippen molar-refractivity contribution >= 4 is 11.6 Å². The Hall–Kier alpha value is -1.55. The highest BCUT2D eigenvalue weighted by Crippen LogP contribution is 2.26. The van der Waals surface area contributed by atoms with Gasteiger partial charge in [-0.3, -0.25) is 4.79 Å². The number of likely N-dealkylation sites (tertiary alicyclic amines) is 1. The van der Waals surface area contributed by atoms with E-state index in [-0.39, 0.29) is 5.91 Å². The van der Waals surface area contributed by atoms with Crippen molar-refractivity contribution in [2.75, 3.05) is 31.1 Å². The molecule has 3 rings (SSSR count). The van der Waals surface area contributed by atoms with Crippen molar-refractivity contribution in [1.82, 2.24) is 10.2 Å². The first-order chi connectivity index (χ1) is 13.1. The number of carbonyl (C=O) groups excluding carboxylic acids is 1. The van der Waals surface area contributed by atoms with Gasteiger partial charge in [-0.15, -0.1) is 0 Å². The second kappa shape index (κ2) is 9.59. The Balaban J connectivity index is 1.46. The molecule has 4 heteroatoms. The summed E-state index contributed by atoms with van der Waals surface area (Å²) in [6.45, 7) is 11.1. The van der Waals surface area contributed by atoms with Gasteiger partial charge in [0.15, 0.2) is 0 Å². The van der Waals surface area contributed by atoms with Crippen molar-refractivity contribution in [2.24, 2.45) is 5.92 Å². The molecule has 0 aromatic heterocycles. The normalized spacial score (nSPS) is 19.6. The van der Waals surface area contributed by atoms with Gasteiger partial charge in [0.1, 0.15) is 0 Å². The molecular formula is C23H37N3O. The fourth-order valence-electron chi connectivity index (χ4n) is 4.74. The maximum absolute atomic E-state index is 12.6. The Morgan fingerprint density at radius 1 is 1.11 bits per heavy atom. The number of anilines is 1. The molecule has 150 valence electrons. The third-order valence-electron chi connectivity index (χ3n) is 6.34. The smallest absolute Gasteiger partial charge is 0.251 e. The molecule has 0 spiro atoms. The molecule has 1 heterocycles. The summed E-state index contributed by atoms with van der Waals surface area (Å²) < 4.78 is 0. The molecule has 1 saturated carbocycles. The molecule has 1 aliphatic heterocycles. The molecule has 1 aromatic carbocycles. The van der Waals surface area contributed by atoms with Crippen LogP contribution in [0.15, 0.2) is 24.3 Å². The van der Waals surface area contributed by atoms with E-state index in [0.717, 1.165) is 44.0 Å². The highest BCUT2D eigenvalue weighted by Gasteiger charge is 2.24. The van der Waals surface area contributed by atoms with Gasteiger partial charge in [-0.2, -0.15) is 0 Å². The van der Waals surface area contributed by atoms with Gasteiger partial charge in [-0.05, 0) is 76.6 Å². The molecule has 4 nitrogen and oxygen atoms in total. The van der Waals surface area contributed by atoms with Crippen LogP contribution < -0.4 is 10.2 Å². The van der Waals surface area contributed by atoms with Crippen LogP contribution in [-0.2, 0) is 0 Å². The molecule has 1 aromatic rings. The van der Waals surface area contributed by atoms with Crippen LogP contribution in [0.3, 0.4) is 0 Å². The van der Waals surface area contributed by atoms with E-state index in [1.54, 1.807) is 0 Å². The summed E-state index contributed by atoms with van der Waals surface area (Å²) in [5.74, 6) is 0.992. The first-order valence-electron chi connectivity index (χ1n) is 11.0. The average Bonchev–Trinajstić information content (AvgIpc) is 3.17. The maximum atomic E-state index is 12.6. The van der Waals surface area contributed by atoms with Crippen LogP contribution >= 0.6 is 0 Å². The van der Waals surface area contributed by atoms with Crippen LogP contribution in [0.2, 0.25) is 0 Å². The Morgan fingerprint density at radius 2 is 1.74 bits per heavy atom. The minimum Gasteiger partial charge on any atom is -0.369 e. The molecule has 2 aliphatic rings. The molecule has 2 fully saturated rings. The lowest BCUT2D eigenvalue weighted by atomic mass is 10.0. The number of nitrogens with one attached hydrogen (secondary N) is 1. The predicted octanol–water partition coefficient (Wildman–Crippen LogP) is 4.31. The van der Waals surface area contributed by atoms with Gasteiger partial charge in [0.25, 0.3) is 5.91 Å². The largest absolute Gasteiger partial charge is 0.369 e. The molecule has 0 radical (unpaired) electrons. The zero-order chi connectivity index (χ0) is 19.2. The number of nitrogens with zero attached hydrogens (tertiary/aromatic N) is 2. The SMILES string of the molecule is CCN(c1ccc(C(=O)NC2CCN(CC3CCCC3)CC2)cc1)C(C)C. The van der Waals surface area contributed by atoms with Gasteiger partial charge >= 0.3 is 0 Å². The van der Waals surface area contributed by atoms with E-state index in [1.807, 2.05) is 12.1 Å². The molecule has 0 bridgehead atoms. The highest BCUT2D eigenvalue weighted by atomic mass is 16.1. The average molecular weight is 372 g/mol. The molecule has 1 N–H and O–H groups in total. The number of rotatable bonds is 7. The van der Waals surface area contributed by atoms with Crippen LogP contribution in [0.5, 0.6) is 0 Å². The van der Waals surface area contributed by atoms with Crippen molar-refractivity contribution in [1.29, 1.82) is 0 Å². The van der Waals surface area contributed by atoms with Gasteiger partial charge in [-0.25, -0.2) is 0 Å². The quantitative estimate of drug-likeness (QED) is 0.776. The second-order valence-corrected chi connectivity index (χ2v) is 8.63. The number of hydrogen-bond acceptors (Lipinski definition) is 3. The fourth-order valence-corrected chi connectivity index (χ4v) is 4.74. The number of piperidine rings is 1. The standard InChI is InChI=1S/C23H37N3O/c1-4-26(18(2)3)22-11-9-20(10-12-22)23(27)24-21-13-15-25(16-14-21)17-19-7-5-6-8-19/h9-12,18-19,21H,4-8,13-17H2,1-3H3,(H,24,27). The number of carbonyl (C=O) groups is 1. The summed E-state index contributed by atoms with van der Waals surface area (Å²) in [4.78, 5) is 17.6. The van der Waals surface area contributed by atoms with Gasteiger partial charge in [0.2, 0.25) is 0 Å². The van der Waals surface area contributed by atoms with Crippen LogP contribution in [0.25, 0.3) is 0 Å². The lowest BCUT2D eigenvalue weighted by molar-refractivity contribution is 0.0906. The minimum absolute atomic E-state index is 0.0726. The monoisotopic (exact) mass is 371 g/mol. The maximum Gasteiger partial charge on any atom is 0.251 e. The van der Waals surface area contributed by atoms with E-state index in [0.29, 0.717) is 12.1 Å². The summed E-state index contributed by atoms with van der Waals surface area (Å²) in [5.41, 5.74) is 1.95. The zero-order valence-electron chi connectivity index (χ0n) is 17.4. The summed E-state index contributed by atoms with van der Waals surface area (Å²) in [7, 11) is 0. The topological polar surface area (TPSA) is 35.6 Å². The number of benzene rings is 1. The molecule has 0 atom stereocenters. The van der Waals surface area contributed by atoms with Crippen LogP contribution in [0.1, 0.15) is 69.7 Å². The van der Waals surface area contributed by atoms with Crippen LogP contribution in [-0.4, -0.2) is 49.1 Å². The number of hydrogen-bond donors (Lipinski definition) is 1. The Labute approximate surface area is 165 Å². The third kappa shape index (κ3) is 5.47. The molecule has 0 unspecified atom stereocenters. The van der Waals surface area contributed by atoms with E-state index < -0.39 is 0 Å². The molecule has 1 amide bonds. The van der Waals surface area contributed by atoms with Gasteiger partial charge < -0.3 is 15.1 Å². The van der Waals surface area contributed by atoms with Crippen molar-refractivity contribution < 1.29 is 4.79 Å². The van der Waals surface area contributed by atoms with E-state index in [9.17, 15) is 4.79 Å². The lowest BCUT2D eigenvalue weighted by Gasteiger charge is -2.33. The van der Waals surface area contributed by atoms with Crippen LogP contribution in [0.4, 0.5) is 5.69 Å². The first kappa shape index (κ1) is 20.2. The van der Waals surface area contributed by atoms with Gasteiger partial charge in [0.05, 0.1) is 0 Å². The fraction of sp³-hybridized carbons (Fsp3) is 0.696. The summed E-state index contributed by atoms with van der Waals surface area (Å²) in [6, 6.07) is 8.85. The molecule has 27 heavy (non-hydrogen) atoms. The van der Waals surface area contributed by atoms with E-state index in [1.165, 1.54) is 37.9 Å². The summed E-state index contributed by atoms with van der Waals surface area (Å²) in [5, 5.41) is 3.26. The van der Waals surface area contributed by atoms with E-state index in [4.69, 9.17) is 0 Å². The summed E-state index contributed by atoms with van der Waals surface area (Å²) >= 11 is 0. The first-order valence-corrected chi connectivity index (χ1v) is 11.0. The minimum atomic E-state index is 0.0726. The van der Waals surface area contributed by atoms with Gasteiger partial charge in [0, 0.05) is 49.5 Å². The number of amides is 1. The molecular weight excluding hydrogens is 334 g/mol. The molecule has 1 aliphatic carbocycles. The predicted molar refractivity (Wildman–Crippen MR) is 113 cm³/mol. The van der Waals surface area contributed by atoms with Crippen LogP contribution in [0, 0.1) is 5.92 Å². The van der Waals surface area contributed by atoms with Crippen molar-refractivity contribution in [3.05, 3.63) is 29.8 Å². The highest BCUT2D eigenvalue weighted by molar-refractivity contribution is 5.94. The Kier molecular flexibility index (Phi) is 7.17. The Morgan fingerprint density at radius 3 is 2.30 bits per heavy atom. The van der Waals surface area contributed by atoms with Crippen molar-refractivity contribution in [3.63, 3.8) is 0 Å². The zero-order valence-corrected chi connectivity index (χ0v) is 17.4. The second-order valence-electron chi connectivity index (χ2n) is 8.63. The third-order valence-corrected chi connectivity index (χ3v) is 6.34. The van der Waals surface area contributed by atoms with Gasteiger partial charge in [-0.1, -0.05) is 12.8 Å². The lowest BCUT2D eigenvalue weighted by Crippen LogP contribution is -2.45. The summed E-state index contributed by atoms with van der Waals surface area (Å²) in [6.07, 6.45) is 7.82. The molecule has 1 saturated heterocycles. The Bertz CT molecular complexity index is 584. The van der Waals surface area contributed by atoms with Crippen molar-refractivity contribution in [2.45, 2.75) is 71.4 Å². The van der Waals surface area contributed by atoms with E-state index in [2.05, 4.69) is 48.0 Å². The van der Waals surface area contributed by atoms with Crippen molar-refractivity contribution in [3.8, 4) is 0 Å².